The summed E-state index contributed by atoms with van der Waals surface area (Å²) in [5, 5.41) is 14.6. The van der Waals surface area contributed by atoms with Crippen LogP contribution >= 0.6 is 11.6 Å². The molecule has 13 heteroatoms. The van der Waals surface area contributed by atoms with Crippen LogP contribution in [-0.2, 0) is 26.2 Å². The second-order valence-electron chi connectivity index (χ2n) is 9.86. The second kappa shape index (κ2) is 14.3. The molecule has 1 atom stereocenters. The predicted molar refractivity (Wildman–Crippen MR) is 165 cm³/mol. The standard InChI is InChI=1S/C30H35ClN4O7S/c1-6-25(30(37)32-7-2)33(18-22-11-8-20(3)9-12-22)29(36)19-34(27-16-23(31)13-15-28(27)42-5)43(40,41)24-14-10-21(4)26(17-24)35(38)39/h8-17,25H,6-7,18-19H2,1-5H3,(H,32,37). The number of nitro benzene ring substituents is 1. The van der Waals surface area contributed by atoms with Crippen molar-refractivity contribution in [1.82, 2.24) is 10.2 Å². The molecule has 0 aliphatic carbocycles. The lowest BCUT2D eigenvalue weighted by atomic mass is 10.1. The third-order valence-corrected chi connectivity index (χ3v) is 8.86. The van der Waals surface area contributed by atoms with Crippen LogP contribution in [0.1, 0.15) is 37.0 Å². The van der Waals surface area contributed by atoms with Crippen LogP contribution in [0.25, 0.3) is 0 Å². The minimum Gasteiger partial charge on any atom is -0.495 e. The summed E-state index contributed by atoms with van der Waals surface area (Å²) in [6.45, 7) is 6.56. The molecule has 11 nitrogen and oxygen atoms in total. The third-order valence-electron chi connectivity index (χ3n) is 6.86. The maximum absolute atomic E-state index is 14.2. The molecule has 0 aromatic heterocycles. The molecule has 2 amide bonds. The maximum atomic E-state index is 14.2. The van der Waals surface area contributed by atoms with Gasteiger partial charge in [-0.25, -0.2) is 8.42 Å². The average Bonchev–Trinajstić information content (AvgIpc) is 2.96. The van der Waals surface area contributed by atoms with Crippen molar-refractivity contribution in [3.8, 4) is 5.75 Å². The van der Waals surface area contributed by atoms with Crippen molar-refractivity contribution in [3.63, 3.8) is 0 Å². The highest BCUT2D eigenvalue weighted by Gasteiger charge is 2.35. The lowest BCUT2D eigenvalue weighted by Gasteiger charge is -2.33. The highest BCUT2D eigenvalue weighted by atomic mass is 35.5. The molecule has 0 bridgehead atoms. The van der Waals surface area contributed by atoms with E-state index in [1.165, 1.54) is 49.3 Å². The van der Waals surface area contributed by atoms with Gasteiger partial charge in [-0.3, -0.25) is 24.0 Å². The van der Waals surface area contributed by atoms with E-state index in [0.29, 0.717) is 6.54 Å². The number of hydrogen-bond donors (Lipinski definition) is 1. The molecule has 3 aromatic rings. The molecule has 0 aliphatic rings. The zero-order chi connectivity index (χ0) is 31.9. The molecule has 0 spiro atoms. The van der Waals surface area contributed by atoms with E-state index >= 15 is 0 Å². The molecule has 43 heavy (non-hydrogen) atoms. The molecule has 0 saturated heterocycles. The Morgan fingerprint density at radius 2 is 1.72 bits per heavy atom. The van der Waals surface area contributed by atoms with Crippen LogP contribution < -0.4 is 14.4 Å². The zero-order valence-corrected chi connectivity index (χ0v) is 26.2. The van der Waals surface area contributed by atoms with Crippen LogP contribution in [-0.4, -0.2) is 56.3 Å². The van der Waals surface area contributed by atoms with E-state index in [9.17, 15) is 28.1 Å². The van der Waals surface area contributed by atoms with E-state index in [1.54, 1.807) is 13.8 Å². The third kappa shape index (κ3) is 7.82. The Labute approximate surface area is 256 Å². The van der Waals surface area contributed by atoms with Gasteiger partial charge < -0.3 is 15.0 Å². The monoisotopic (exact) mass is 630 g/mol. The van der Waals surface area contributed by atoms with Gasteiger partial charge >= 0.3 is 0 Å². The number of halogens is 1. The Kier molecular flexibility index (Phi) is 11.1. The van der Waals surface area contributed by atoms with Crippen molar-refractivity contribution in [2.45, 2.75) is 51.6 Å². The number of likely N-dealkylation sites (N-methyl/N-ethyl adjacent to an activating group) is 1. The quantitative estimate of drug-likeness (QED) is 0.207. The van der Waals surface area contributed by atoms with Crippen molar-refractivity contribution in [2.24, 2.45) is 0 Å². The summed E-state index contributed by atoms with van der Waals surface area (Å²) in [5.74, 6) is -0.955. The number of aryl methyl sites for hydroxylation is 2. The maximum Gasteiger partial charge on any atom is 0.273 e. The van der Waals surface area contributed by atoms with Crippen LogP contribution in [0.15, 0.2) is 65.6 Å². The van der Waals surface area contributed by atoms with Gasteiger partial charge in [0.15, 0.2) is 0 Å². The lowest BCUT2D eigenvalue weighted by Crippen LogP contribution is -2.52. The van der Waals surface area contributed by atoms with Crippen molar-refractivity contribution in [1.29, 1.82) is 0 Å². The number of methoxy groups -OCH3 is 1. The molecule has 1 unspecified atom stereocenters. The fourth-order valence-corrected chi connectivity index (χ4v) is 6.15. The first-order valence-electron chi connectivity index (χ1n) is 13.6. The van der Waals surface area contributed by atoms with E-state index in [0.717, 1.165) is 21.5 Å². The van der Waals surface area contributed by atoms with E-state index in [-0.39, 0.29) is 40.9 Å². The number of carbonyl (C=O) groups excluding carboxylic acids is 2. The highest BCUT2D eigenvalue weighted by Crippen LogP contribution is 2.36. The van der Waals surface area contributed by atoms with Gasteiger partial charge in [0.2, 0.25) is 11.8 Å². The number of hydrogen-bond acceptors (Lipinski definition) is 7. The Bertz CT molecular complexity index is 1600. The number of ether oxygens (including phenoxy) is 1. The van der Waals surface area contributed by atoms with Gasteiger partial charge in [0.1, 0.15) is 18.3 Å². The molecule has 0 radical (unpaired) electrons. The number of nitro groups is 1. The van der Waals surface area contributed by atoms with E-state index in [2.05, 4.69) is 5.32 Å². The first-order valence-corrected chi connectivity index (χ1v) is 15.4. The summed E-state index contributed by atoms with van der Waals surface area (Å²) >= 11 is 6.26. The van der Waals surface area contributed by atoms with Gasteiger partial charge in [0.05, 0.1) is 22.6 Å². The van der Waals surface area contributed by atoms with Gasteiger partial charge in [-0.2, -0.15) is 0 Å². The Balaban J connectivity index is 2.18. The van der Waals surface area contributed by atoms with E-state index in [4.69, 9.17) is 16.3 Å². The van der Waals surface area contributed by atoms with Crippen molar-refractivity contribution < 1.29 is 27.7 Å². The molecule has 0 fully saturated rings. The van der Waals surface area contributed by atoms with Crippen molar-refractivity contribution in [3.05, 3.63) is 92.5 Å². The molecular weight excluding hydrogens is 596 g/mol. The summed E-state index contributed by atoms with van der Waals surface area (Å²) in [6, 6.07) is 14.3. The summed E-state index contributed by atoms with van der Waals surface area (Å²) in [4.78, 5) is 39.1. The summed E-state index contributed by atoms with van der Waals surface area (Å²) in [7, 11) is -3.27. The number of rotatable bonds is 13. The molecular formula is C30H35ClN4O7S. The largest absolute Gasteiger partial charge is 0.495 e. The van der Waals surface area contributed by atoms with Gasteiger partial charge in [-0.05, 0) is 57.0 Å². The molecule has 3 aromatic carbocycles. The Hall–Kier alpha value is -4.16. The molecule has 0 heterocycles. The molecule has 0 aliphatic heterocycles. The van der Waals surface area contributed by atoms with Gasteiger partial charge in [0, 0.05) is 29.7 Å². The number of sulfonamides is 1. The zero-order valence-electron chi connectivity index (χ0n) is 24.7. The van der Waals surface area contributed by atoms with E-state index < -0.39 is 44.0 Å². The molecule has 230 valence electrons. The number of amides is 2. The average molecular weight is 631 g/mol. The highest BCUT2D eigenvalue weighted by molar-refractivity contribution is 7.92. The number of nitrogens with zero attached hydrogens (tertiary/aromatic N) is 3. The number of carbonyl (C=O) groups is 2. The minimum atomic E-state index is -4.60. The SMILES string of the molecule is CCNC(=O)C(CC)N(Cc1ccc(C)cc1)C(=O)CN(c1cc(Cl)ccc1OC)S(=O)(=O)c1ccc(C)c([N+](=O)[O-])c1. The van der Waals surface area contributed by atoms with Gasteiger partial charge in [0.25, 0.3) is 15.7 Å². The first-order chi connectivity index (χ1) is 20.3. The fourth-order valence-electron chi connectivity index (χ4n) is 4.55. The van der Waals surface area contributed by atoms with Crippen molar-refractivity contribution >= 4 is 44.8 Å². The molecule has 0 saturated carbocycles. The van der Waals surface area contributed by atoms with Crippen molar-refractivity contribution in [2.75, 3.05) is 24.5 Å². The number of benzene rings is 3. The molecule has 1 N–H and O–H groups in total. The van der Waals surface area contributed by atoms with Crippen LogP contribution in [0.3, 0.4) is 0 Å². The summed E-state index contributed by atoms with van der Waals surface area (Å²) in [6.07, 6.45) is 0.265. The predicted octanol–water partition coefficient (Wildman–Crippen LogP) is 5.01. The lowest BCUT2D eigenvalue weighted by molar-refractivity contribution is -0.385. The summed E-state index contributed by atoms with van der Waals surface area (Å²) < 4.78 is 34.6. The topological polar surface area (TPSA) is 139 Å². The minimum absolute atomic E-state index is 0.0331. The number of nitrogens with one attached hydrogen (secondary N) is 1. The van der Waals surface area contributed by atoms with E-state index in [1.807, 2.05) is 31.2 Å². The smallest absolute Gasteiger partial charge is 0.273 e. The van der Waals surface area contributed by atoms with Gasteiger partial charge in [-0.15, -0.1) is 0 Å². The normalized spacial score (nSPS) is 11.9. The number of anilines is 1. The second-order valence-corrected chi connectivity index (χ2v) is 12.2. The first kappa shape index (κ1) is 33.3. The van der Waals surface area contributed by atoms with Crippen LogP contribution in [0.4, 0.5) is 11.4 Å². The Morgan fingerprint density at radius 3 is 2.30 bits per heavy atom. The van der Waals surface area contributed by atoms with Crippen LogP contribution in [0.2, 0.25) is 5.02 Å². The summed E-state index contributed by atoms with van der Waals surface area (Å²) in [5.41, 5.74) is 1.58. The Morgan fingerprint density at radius 1 is 1.05 bits per heavy atom. The van der Waals surface area contributed by atoms with Crippen LogP contribution in [0, 0.1) is 24.0 Å². The fraction of sp³-hybridized carbons (Fsp3) is 0.333. The van der Waals surface area contributed by atoms with Gasteiger partial charge in [-0.1, -0.05) is 54.4 Å². The van der Waals surface area contributed by atoms with Crippen LogP contribution in [0.5, 0.6) is 5.75 Å². The molecule has 3 rings (SSSR count).